The second-order valence-corrected chi connectivity index (χ2v) is 9.29. The molecule has 34 heavy (non-hydrogen) atoms. The van der Waals surface area contributed by atoms with Crippen molar-refractivity contribution in [2.75, 3.05) is 18.0 Å². The highest BCUT2D eigenvalue weighted by Gasteiger charge is 2.29. The molecule has 2 N–H and O–H groups in total. The first-order valence-corrected chi connectivity index (χ1v) is 12.4. The molecule has 0 aliphatic heterocycles. The van der Waals surface area contributed by atoms with E-state index >= 15 is 0 Å². The van der Waals surface area contributed by atoms with E-state index in [2.05, 4.69) is 10.0 Å². The molecular weight excluding hydrogens is 455 g/mol. The third-order valence-electron chi connectivity index (χ3n) is 5.69. The Balaban J connectivity index is 1.55. The van der Waals surface area contributed by atoms with Crippen molar-refractivity contribution in [1.82, 2.24) is 15.1 Å². The van der Waals surface area contributed by atoms with Gasteiger partial charge in [0.15, 0.2) is 0 Å². The lowest BCUT2D eigenvalue weighted by Crippen LogP contribution is -2.21. The molecule has 9 heteroatoms. The monoisotopic (exact) mass is 478 g/mol. The van der Waals surface area contributed by atoms with Crippen LogP contribution < -0.4 is 14.8 Å². The van der Waals surface area contributed by atoms with Gasteiger partial charge >= 0.3 is 0 Å². The van der Waals surface area contributed by atoms with Gasteiger partial charge in [0, 0.05) is 12.4 Å². The first kappa shape index (κ1) is 22.2. The molecule has 0 spiro atoms. The van der Waals surface area contributed by atoms with E-state index in [9.17, 15) is 13.7 Å². The number of carbonyl (C=O) groups is 1. The van der Waals surface area contributed by atoms with E-state index in [0.717, 1.165) is 29.5 Å². The molecule has 1 aliphatic carbocycles. The van der Waals surface area contributed by atoms with Gasteiger partial charge in [0.25, 0.3) is 5.91 Å². The van der Waals surface area contributed by atoms with Crippen molar-refractivity contribution in [3.8, 4) is 17.2 Å². The van der Waals surface area contributed by atoms with E-state index < -0.39 is 11.4 Å². The molecule has 1 aromatic heterocycles. The van der Waals surface area contributed by atoms with Crippen LogP contribution in [0.25, 0.3) is 16.6 Å². The van der Waals surface area contributed by atoms with Gasteiger partial charge in [-0.15, -0.1) is 0 Å². The first-order valence-electron chi connectivity index (χ1n) is 10.9. The fourth-order valence-corrected chi connectivity index (χ4v) is 4.43. The maximum absolute atomic E-state index is 13.1. The molecule has 0 radical (unpaired) electrons. The molecule has 1 heterocycles. The number of nitrogens with one attached hydrogen (secondary N) is 2. The van der Waals surface area contributed by atoms with Crippen LogP contribution in [0.1, 0.15) is 34.8 Å². The summed E-state index contributed by atoms with van der Waals surface area (Å²) in [6.07, 6.45) is 3.72. The lowest BCUT2D eigenvalue weighted by Gasteiger charge is -2.12. The average Bonchev–Trinajstić information content (AvgIpc) is 3.60. The molecule has 4 aromatic rings. The van der Waals surface area contributed by atoms with Crippen LogP contribution in [0.2, 0.25) is 0 Å². The van der Waals surface area contributed by atoms with Gasteiger partial charge in [-0.1, -0.05) is 0 Å². The molecule has 3 aromatic carbocycles. The number of nitrogens with zero attached hydrogens (tertiary/aromatic N) is 2. The summed E-state index contributed by atoms with van der Waals surface area (Å²) < 4.78 is 35.4. The number of ether oxygens (including phenoxy) is 1. The van der Waals surface area contributed by atoms with Gasteiger partial charge in [-0.3, -0.25) is 4.79 Å². The Kier molecular flexibility index (Phi) is 5.89. The Morgan fingerprint density at radius 3 is 2.35 bits per heavy atom. The minimum absolute atomic E-state index is 0.254. The fraction of sp³-hybridized carbons (Fsp3) is 0.200. The molecule has 1 aliphatic rings. The van der Waals surface area contributed by atoms with Crippen LogP contribution in [0.4, 0.5) is 10.1 Å². The predicted molar refractivity (Wildman–Crippen MR) is 131 cm³/mol. The quantitative estimate of drug-likeness (QED) is 0.369. The lowest BCUT2D eigenvalue weighted by atomic mass is 10.0. The summed E-state index contributed by atoms with van der Waals surface area (Å²) in [5, 5.41) is 8.14. The third-order valence-corrected chi connectivity index (χ3v) is 6.19. The average molecular weight is 479 g/mol. The van der Waals surface area contributed by atoms with Gasteiger partial charge in [-0.2, -0.15) is 5.10 Å². The van der Waals surface area contributed by atoms with Gasteiger partial charge in [0.05, 0.1) is 28.3 Å². The molecule has 0 saturated heterocycles. The predicted octanol–water partition coefficient (Wildman–Crippen LogP) is 4.90. The molecule has 1 unspecified atom stereocenters. The molecule has 1 saturated carbocycles. The minimum atomic E-state index is -1.22. The number of anilines is 1. The molecule has 0 bridgehead atoms. The normalized spacial score (nSPS) is 14.1. The van der Waals surface area contributed by atoms with E-state index in [-0.39, 0.29) is 11.7 Å². The second kappa shape index (κ2) is 9.00. The number of halogens is 1. The summed E-state index contributed by atoms with van der Waals surface area (Å²) in [6.45, 7) is 0. The number of amides is 1. The third kappa shape index (κ3) is 4.44. The zero-order valence-electron chi connectivity index (χ0n) is 18.7. The highest BCUT2D eigenvalue weighted by Crippen LogP contribution is 2.45. The van der Waals surface area contributed by atoms with Gasteiger partial charge < -0.3 is 14.6 Å². The Labute approximate surface area is 199 Å². The van der Waals surface area contributed by atoms with Crippen molar-refractivity contribution in [1.29, 1.82) is 0 Å². The highest BCUT2D eigenvalue weighted by atomic mass is 32.2. The number of benzene rings is 3. The maximum atomic E-state index is 13.1. The molecular formula is C25H23FN4O3S. The van der Waals surface area contributed by atoms with E-state index in [1.807, 2.05) is 12.1 Å². The number of hydrogen-bond acceptors (Lipinski definition) is 5. The summed E-state index contributed by atoms with van der Waals surface area (Å²) in [5.74, 6) is 0.894. The zero-order valence-corrected chi connectivity index (χ0v) is 19.5. The fourth-order valence-electron chi connectivity index (χ4n) is 3.94. The smallest absolute Gasteiger partial charge is 0.270 e. The SMILES string of the molecule is CNC(=O)c1c2cc(C3CC3)c(N[S+](C)[O-])cc2nn1-c1ccc(Oc2ccc(F)cc2)cc1. The number of rotatable bonds is 7. The van der Waals surface area contributed by atoms with Crippen LogP contribution in [-0.2, 0) is 11.4 Å². The largest absolute Gasteiger partial charge is 0.593 e. The first-order chi connectivity index (χ1) is 16.4. The topological polar surface area (TPSA) is 91.2 Å². The van der Waals surface area contributed by atoms with Crippen LogP contribution in [0, 0.1) is 5.82 Å². The van der Waals surface area contributed by atoms with Crippen LogP contribution in [-0.4, -0.2) is 33.5 Å². The van der Waals surface area contributed by atoms with Crippen molar-refractivity contribution in [3.63, 3.8) is 0 Å². The summed E-state index contributed by atoms with van der Waals surface area (Å²) in [5.41, 5.74) is 3.57. The molecule has 174 valence electrons. The van der Waals surface area contributed by atoms with E-state index in [1.165, 1.54) is 12.1 Å². The summed E-state index contributed by atoms with van der Waals surface area (Å²) in [4.78, 5) is 12.9. The summed E-state index contributed by atoms with van der Waals surface area (Å²) in [6, 6.07) is 16.8. The van der Waals surface area contributed by atoms with Crippen LogP contribution >= 0.6 is 0 Å². The van der Waals surface area contributed by atoms with E-state index in [4.69, 9.17) is 9.84 Å². The number of hydrogen-bond donors (Lipinski definition) is 2. The van der Waals surface area contributed by atoms with Crippen molar-refractivity contribution >= 4 is 33.9 Å². The number of aromatic nitrogens is 2. The number of fused-ring (bicyclic) bond motifs is 1. The van der Waals surface area contributed by atoms with Crippen LogP contribution in [0.5, 0.6) is 11.5 Å². The van der Waals surface area contributed by atoms with Gasteiger partial charge in [-0.05, 0) is 85.0 Å². The summed E-state index contributed by atoms with van der Waals surface area (Å²) in [7, 11) is 1.59. The Morgan fingerprint density at radius 1 is 1.12 bits per heavy atom. The maximum Gasteiger partial charge on any atom is 0.270 e. The minimum Gasteiger partial charge on any atom is -0.593 e. The molecule has 5 rings (SSSR count). The van der Waals surface area contributed by atoms with Gasteiger partial charge in [-0.25, -0.2) is 13.8 Å². The lowest BCUT2D eigenvalue weighted by molar-refractivity contribution is 0.0957. The van der Waals surface area contributed by atoms with E-state index in [1.54, 1.807) is 54.4 Å². The standard InChI is InChI=1S/C25H23FN4O3S/c1-27-25(31)24-21-13-20(15-3-4-15)23(29-34(2)32)14-22(21)28-30(24)17-7-11-19(12-8-17)33-18-9-5-16(26)6-10-18/h5-15,29H,3-4H2,1-2H3,(H,27,31). The molecule has 1 atom stereocenters. The second-order valence-electron chi connectivity index (χ2n) is 8.18. The summed E-state index contributed by atoms with van der Waals surface area (Å²) >= 11 is -1.22. The van der Waals surface area contributed by atoms with Gasteiger partial charge in [0.1, 0.15) is 29.3 Å². The van der Waals surface area contributed by atoms with Crippen molar-refractivity contribution in [3.05, 3.63) is 77.7 Å². The zero-order chi connectivity index (χ0) is 23.8. The van der Waals surface area contributed by atoms with E-state index in [0.29, 0.717) is 34.3 Å². The Bertz CT molecular complexity index is 1350. The van der Waals surface area contributed by atoms with Gasteiger partial charge in [0.2, 0.25) is 0 Å². The van der Waals surface area contributed by atoms with Crippen molar-refractivity contribution in [2.24, 2.45) is 0 Å². The molecule has 7 nitrogen and oxygen atoms in total. The number of carbonyl (C=O) groups excluding carboxylic acids is 1. The molecule has 1 amide bonds. The van der Waals surface area contributed by atoms with Crippen LogP contribution in [0.3, 0.4) is 0 Å². The van der Waals surface area contributed by atoms with Crippen molar-refractivity contribution in [2.45, 2.75) is 18.8 Å². The Hall–Kier alpha value is -3.56. The highest BCUT2D eigenvalue weighted by molar-refractivity contribution is 7.92. The Morgan fingerprint density at radius 2 is 1.76 bits per heavy atom. The van der Waals surface area contributed by atoms with Crippen LogP contribution in [0.15, 0.2) is 60.7 Å². The molecule has 1 fully saturated rings. The van der Waals surface area contributed by atoms with Crippen molar-refractivity contribution < 1.29 is 18.5 Å².